The fourth-order valence-corrected chi connectivity index (χ4v) is 1.95. The number of halogens is 3. The zero-order valence-electron chi connectivity index (χ0n) is 10.4. The van der Waals surface area contributed by atoms with Gasteiger partial charge >= 0.3 is 6.18 Å². The van der Waals surface area contributed by atoms with Crippen LogP contribution < -0.4 is 5.32 Å². The van der Waals surface area contributed by atoms with Crippen LogP contribution in [0.25, 0.3) is 0 Å². The summed E-state index contributed by atoms with van der Waals surface area (Å²) in [7, 11) is 1.72. The molecule has 0 aliphatic carbocycles. The van der Waals surface area contributed by atoms with Crippen LogP contribution in [0.3, 0.4) is 0 Å². The molecule has 2 nitrogen and oxygen atoms in total. The molecule has 0 saturated heterocycles. The summed E-state index contributed by atoms with van der Waals surface area (Å²) in [5.74, 6) is 0.733. The summed E-state index contributed by atoms with van der Waals surface area (Å²) < 4.78 is 43.2. The minimum atomic E-state index is -4.32. The average molecular weight is 269 g/mol. The smallest absolute Gasteiger partial charge is 0.416 e. The van der Waals surface area contributed by atoms with Crippen LogP contribution in [0.2, 0.25) is 0 Å². The Labute approximate surface area is 109 Å². The molecule has 0 radical (unpaired) electrons. The third-order valence-corrected chi connectivity index (χ3v) is 2.95. The number of hydrogen-bond acceptors (Lipinski definition) is 2. The van der Waals surface area contributed by atoms with Crippen molar-refractivity contribution in [1.82, 2.24) is 5.32 Å². The maximum atomic E-state index is 12.7. The monoisotopic (exact) mass is 269 g/mol. The highest BCUT2D eigenvalue weighted by Crippen LogP contribution is 2.31. The summed E-state index contributed by atoms with van der Waals surface area (Å²) in [6.45, 7) is 0. The van der Waals surface area contributed by atoms with Crippen molar-refractivity contribution in [2.75, 3.05) is 7.05 Å². The van der Waals surface area contributed by atoms with Gasteiger partial charge in [-0.15, -0.1) is 0 Å². The third kappa shape index (κ3) is 3.38. The number of likely N-dealkylation sites (N-methyl/N-ethyl adjacent to an activating group) is 1. The summed E-state index contributed by atoms with van der Waals surface area (Å²) in [6.07, 6.45) is -2.27. The van der Waals surface area contributed by atoms with Crippen molar-refractivity contribution in [1.29, 1.82) is 0 Å². The van der Waals surface area contributed by atoms with Gasteiger partial charge in [-0.3, -0.25) is 0 Å². The van der Waals surface area contributed by atoms with Gasteiger partial charge in [-0.2, -0.15) is 13.2 Å². The minimum absolute atomic E-state index is 0.214. The van der Waals surface area contributed by atoms with Gasteiger partial charge in [0.2, 0.25) is 0 Å². The lowest BCUT2D eigenvalue weighted by molar-refractivity contribution is -0.137. The molecule has 2 aromatic rings. The summed E-state index contributed by atoms with van der Waals surface area (Å²) in [5, 5.41) is 3.01. The van der Waals surface area contributed by atoms with Crippen molar-refractivity contribution in [3.05, 3.63) is 59.5 Å². The summed E-state index contributed by atoms with van der Waals surface area (Å²) in [6, 6.07) is 8.69. The van der Waals surface area contributed by atoms with E-state index in [4.69, 9.17) is 4.42 Å². The number of benzene rings is 1. The molecule has 5 heteroatoms. The Morgan fingerprint density at radius 3 is 2.58 bits per heavy atom. The van der Waals surface area contributed by atoms with Crippen molar-refractivity contribution < 1.29 is 17.6 Å². The number of furan rings is 1. The molecule has 1 heterocycles. The van der Waals surface area contributed by atoms with Crippen LogP contribution in [0.5, 0.6) is 0 Å². The molecule has 19 heavy (non-hydrogen) atoms. The quantitative estimate of drug-likeness (QED) is 0.913. The van der Waals surface area contributed by atoms with Gasteiger partial charge in [0.05, 0.1) is 11.8 Å². The summed E-state index contributed by atoms with van der Waals surface area (Å²) >= 11 is 0. The lowest BCUT2D eigenvalue weighted by Crippen LogP contribution is -2.19. The highest BCUT2D eigenvalue weighted by Gasteiger charge is 2.30. The molecular weight excluding hydrogens is 255 g/mol. The van der Waals surface area contributed by atoms with Crippen molar-refractivity contribution in [2.45, 2.75) is 18.6 Å². The van der Waals surface area contributed by atoms with Gasteiger partial charge in [-0.25, -0.2) is 0 Å². The molecule has 2 rings (SSSR count). The van der Waals surface area contributed by atoms with Gasteiger partial charge in [0.1, 0.15) is 5.76 Å². The third-order valence-electron chi connectivity index (χ3n) is 2.95. The first kappa shape index (κ1) is 13.7. The molecule has 102 valence electrons. The first-order valence-electron chi connectivity index (χ1n) is 5.87. The van der Waals surface area contributed by atoms with Crippen molar-refractivity contribution in [3.63, 3.8) is 0 Å². The van der Waals surface area contributed by atoms with E-state index in [1.54, 1.807) is 31.5 Å². The number of rotatable bonds is 4. The van der Waals surface area contributed by atoms with E-state index < -0.39 is 11.7 Å². The molecule has 0 aliphatic heterocycles. The van der Waals surface area contributed by atoms with Crippen LogP contribution in [-0.4, -0.2) is 7.05 Å². The van der Waals surface area contributed by atoms with Crippen LogP contribution in [0.4, 0.5) is 13.2 Å². The normalized spacial score (nSPS) is 13.5. The molecule has 0 spiro atoms. The molecular formula is C14H14F3NO. The van der Waals surface area contributed by atoms with E-state index in [1.807, 2.05) is 0 Å². The number of alkyl halides is 3. The average Bonchev–Trinajstić information content (AvgIpc) is 2.88. The standard InChI is InChI=1S/C14H14F3NO/c1-18-13(9-12-6-3-7-19-12)10-4-2-5-11(8-10)14(15,16)17/h2-8,13,18H,9H2,1H3. The Balaban J connectivity index is 2.23. The van der Waals surface area contributed by atoms with Gasteiger partial charge in [0.25, 0.3) is 0 Å². The van der Waals surface area contributed by atoms with Crippen molar-refractivity contribution in [3.8, 4) is 0 Å². The lowest BCUT2D eigenvalue weighted by Gasteiger charge is -2.17. The SMILES string of the molecule is CNC(Cc1ccco1)c1cccc(C(F)(F)F)c1. The molecule has 0 amide bonds. The summed E-state index contributed by atoms with van der Waals surface area (Å²) in [4.78, 5) is 0. The van der Waals surface area contributed by atoms with E-state index in [0.717, 1.165) is 11.8 Å². The molecule has 1 aromatic heterocycles. The largest absolute Gasteiger partial charge is 0.469 e. The molecule has 0 fully saturated rings. The maximum Gasteiger partial charge on any atom is 0.416 e. The van der Waals surface area contributed by atoms with Crippen LogP contribution in [0.1, 0.15) is 22.9 Å². The van der Waals surface area contributed by atoms with E-state index in [-0.39, 0.29) is 6.04 Å². The predicted molar refractivity (Wildman–Crippen MR) is 65.7 cm³/mol. The molecule has 0 saturated carbocycles. The second-order valence-electron chi connectivity index (χ2n) is 4.25. The highest BCUT2D eigenvalue weighted by molar-refractivity contribution is 5.28. The summed E-state index contributed by atoms with van der Waals surface area (Å²) in [5.41, 5.74) is -0.0431. The Morgan fingerprint density at radius 2 is 2.00 bits per heavy atom. The second-order valence-corrected chi connectivity index (χ2v) is 4.25. The van der Waals surface area contributed by atoms with Crippen LogP contribution in [0, 0.1) is 0 Å². The van der Waals surface area contributed by atoms with E-state index >= 15 is 0 Å². The Bertz CT molecular complexity index is 520. The molecule has 1 N–H and O–H groups in total. The van der Waals surface area contributed by atoms with Gasteiger partial charge in [-0.1, -0.05) is 12.1 Å². The first-order valence-corrected chi connectivity index (χ1v) is 5.87. The van der Waals surface area contributed by atoms with Gasteiger partial charge in [0, 0.05) is 12.5 Å². The first-order chi connectivity index (χ1) is 9.00. The fourth-order valence-electron chi connectivity index (χ4n) is 1.95. The number of hydrogen-bond donors (Lipinski definition) is 1. The fraction of sp³-hybridized carbons (Fsp3) is 0.286. The maximum absolute atomic E-state index is 12.7. The Morgan fingerprint density at radius 1 is 1.21 bits per heavy atom. The highest BCUT2D eigenvalue weighted by atomic mass is 19.4. The molecule has 1 atom stereocenters. The Hall–Kier alpha value is -1.75. The number of nitrogens with one attached hydrogen (secondary N) is 1. The minimum Gasteiger partial charge on any atom is -0.469 e. The van der Waals surface area contributed by atoms with Gasteiger partial charge < -0.3 is 9.73 Å². The van der Waals surface area contributed by atoms with E-state index in [1.165, 1.54) is 12.1 Å². The predicted octanol–water partition coefficient (Wildman–Crippen LogP) is 3.80. The Kier molecular flexibility index (Phi) is 3.95. The molecule has 1 aromatic carbocycles. The second kappa shape index (κ2) is 5.48. The molecule has 1 unspecified atom stereocenters. The van der Waals surface area contributed by atoms with E-state index in [9.17, 15) is 13.2 Å². The molecule has 0 bridgehead atoms. The van der Waals surface area contributed by atoms with Crippen LogP contribution in [0.15, 0.2) is 47.1 Å². The zero-order chi connectivity index (χ0) is 13.9. The molecule has 0 aliphatic rings. The van der Waals surface area contributed by atoms with Crippen LogP contribution >= 0.6 is 0 Å². The van der Waals surface area contributed by atoms with E-state index in [2.05, 4.69) is 5.32 Å². The van der Waals surface area contributed by atoms with Crippen molar-refractivity contribution >= 4 is 0 Å². The van der Waals surface area contributed by atoms with Crippen molar-refractivity contribution in [2.24, 2.45) is 0 Å². The lowest BCUT2D eigenvalue weighted by atomic mass is 10.0. The van der Waals surface area contributed by atoms with Gasteiger partial charge in [-0.05, 0) is 36.9 Å². The van der Waals surface area contributed by atoms with Gasteiger partial charge in [0.15, 0.2) is 0 Å². The zero-order valence-corrected chi connectivity index (χ0v) is 10.4. The van der Waals surface area contributed by atoms with E-state index in [0.29, 0.717) is 12.0 Å². The topological polar surface area (TPSA) is 25.2 Å². The van der Waals surface area contributed by atoms with Crippen LogP contribution in [-0.2, 0) is 12.6 Å².